The van der Waals surface area contributed by atoms with Crippen LogP contribution in [0, 0.1) is 0 Å². The Labute approximate surface area is 77.6 Å². The zero-order valence-electron chi connectivity index (χ0n) is 7.66. The summed E-state index contributed by atoms with van der Waals surface area (Å²) in [6.45, 7) is 2.41. The van der Waals surface area contributed by atoms with Gasteiger partial charge in [0, 0.05) is 12.2 Å². The Hall–Kier alpha value is -1.22. The van der Waals surface area contributed by atoms with Crippen LogP contribution in [0.4, 0.5) is 0 Å². The van der Waals surface area contributed by atoms with Crippen molar-refractivity contribution in [2.45, 2.75) is 13.3 Å². The van der Waals surface area contributed by atoms with Gasteiger partial charge in [-0.05, 0) is 19.4 Å². The van der Waals surface area contributed by atoms with Crippen molar-refractivity contribution in [2.24, 2.45) is 0 Å². The molecule has 0 atom stereocenters. The quantitative estimate of drug-likeness (QED) is 0.738. The number of aromatic hydroxyl groups is 1. The van der Waals surface area contributed by atoms with Crippen LogP contribution in [0.1, 0.15) is 12.5 Å². The lowest BCUT2D eigenvalue weighted by Gasteiger charge is -2.08. The number of para-hydroxylation sites is 1. The number of rotatable bonds is 4. The molecule has 0 bridgehead atoms. The van der Waals surface area contributed by atoms with Crippen molar-refractivity contribution in [3.63, 3.8) is 0 Å². The monoisotopic (exact) mass is 182 g/mol. The van der Waals surface area contributed by atoms with E-state index in [9.17, 15) is 5.11 Å². The molecule has 13 heavy (non-hydrogen) atoms. The molecule has 0 fully saturated rings. The van der Waals surface area contributed by atoms with E-state index in [1.165, 1.54) is 0 Å². The summed E-state index contributed by atoms with van der Waals surface area (Å²) in [4.78, 5) is 0. The molecule has 0 saturated heterocycles. The van der Waals surface area contributed by atoms with Gasteiger partial charge in [0.25, 0.3) is 0 Å². The van der Waals surface area contributed by atoms with Gasteiger partial charge in [0.2, 0.25) is 0 Å². The van der Waals surface area contributed by atoms with Gasteiger partial charge in [-0.15, -0.1) is 0 Å². The van der Waals surface area contributed by atoms with E-state index in [2.05, 4.69) is 0 Å². The normalized spacial score (nSPS) is 10.0. The minimum Gasteiger partial charge on any atom is -0.504 e. The van der Waals surface area contributed by atoms with Crippen molar-refractivity contribution in [2.75, 3.05) is 13.2 Å². The molecular weight excluding hydrogens is 168 g/mol. The first-order valence-electron chi connectivity index (χ1n) is 4.34. The summed E-state index contributed by atoms with van der Waals surface area (Å²) in [6.07, 6.45) is 0.451. The lowest BCUT2D eigenvalue weighted by Crippen LogP contribution is -1.96. The van der Waals surface area contributed by atoms with Crippen LogP contribution in [0.3, 0.4) is 0 Å². The fraction of sp³-hybridized carbons (Fsp3) is 0.400. The molecule has 0 radical (unpaired) electrons. The predicted molar refractivity (Wildman–Crippen MR) is 50.1 cm³/mol. The van der Waals surface area contributed by atoms with Crippen LogP contribution < -0.4 is 4.74 Å². The number of benzene rings is 1. The van der Waals surface area contributed by atoms with E-state index in [0.29, 0.717) is 24.3 Å². The van der Waals surface area contributed by atoms with Gasteiger partial charge in [0.1, 0.15) is 0 Å². The molecule has 3 heteroatoms. The summed E-state index contributed by atoms with van der Waals surface area (Å²) in [6, 6.07) is 5.28. The molecule has 0 saturated carbocycles. The lowest BCUT2D eigenvalue weighted by molar-refractivity contribution is 0.293. The van der Waals surface area contributed by atoms with Crippen LogP contribution in [0.15, 0.2) is 18.2 Å². The van der Waals surface area contributed by atoms with Crippen LogP contribution in [0.25, 0.3) is 0 Å². The van der Waals surface area contributed by atoms with E-state index in [0.717, 1.165) is 0 Å². The molecule has 72 valence electrons. The zero-order chi connectivity index (χ0) is 9.68. The van der Waals surface area contributed by atoms with Gasteiger partial charge in [-0.1, -0.05) is 12.1 Å². The lowest BCUT2D eigenvalue weighted by atomic mass is 10.1. The Morgan fingerprint density at radius 2 is 2.15 bits per heavy atom. The van der Waals surface area contributed by atoms with Crippen LogP contribution in [-0.2, 0) is 6.42 Å². The van der Waals surface area contributed by atoms with Crippen LogP contribution in [0.2, 0.25) is 0 Å². The van der Waals surface area contributed by atoms with Crippen molar-refractivity contribution in [1.29, 1.82) is 0 Å². The van der Waals surface area contributed by atoms with Gasteiger partial charge in [-0.25, -0.2) is 0 Å². The molecule has 0 unspecified atom stereocenters. The Bertz CT molecular complexity index is 247. The van der Waals surface area contributed by atoms with E-state index in [4.69, 9.17) is 9.84 Å². The Morgan fingerprint density at radius 3 is 2.77 bits per heavy atom. The van der Waals surface area contributed by atoms with Gasteiger partial charge < -0.3 is 14.9 Å². The van der Waals surface area contributed by atoms with Crippen molar-refractivity contribution < 1.29 is 14.9 Å². The minimum absolute atomic E-state index is 0.0309. The number of phenolic OH excluding ortho intramolecular Hbond substituents is 1. The topological polar surface area (TPSA) is 49.7 Å². The maximum atomic E-state index is 9.61. The van der Waals surface area contributed by atoms with E-state index in [1.54, 1.807) is 18.2 Å². The summed E-state index contributed by atoms with van der Waals surface area (Å²) in [5, 5.41) is 18.3. The summed E-state index contributed by atoms with van der Waals surface area (Å²) < 4.78 is 5.19. The molecule has 1 rings (SSSR count). The maximum Gasteiger partial charge on any atom is 0.161 e. The van der Waals surface area contributed by atoms with Gasteiger partial charge >= 0.3 is 0 Å². The molecule has 0 spiro atoms. The molecule has 3 nitrogen and oxygen atoms in total. The highest BCUT2D eigenvalue weighted by molar-refractivity contribution is 5.45. The molecule has 0 amide bonds. The SMILES string of the molecule is CCOc1cccc(CCO)c1O. The maximum absolute atomic E-state index is 9.61. The number of aliphatic hydroxyl groups is 1. The second-order valence-corrected chi connectivity index (χ2v) is 2.67. The first-order valence-corrected chi connectivity index (χ1v) is 4.34. The summed E-state index contributed by atoms with van der Waals surface area (Å²) in [7, 11) is 0. The number of hydrogen-bond donors (Lipinski definition) is 2. The van der Waals surface area contributed by atoms with Gasteiger partial charge in [0.05, 0.1) is 6.61 Å². The molecule has 0 aliphatic heterocycles. The van der Waals surface area contributed by atoms with E-state index in [-0.39, 0.29) is 12.4 Å². The number of phenols is 1. The number of aliphatic hydroxyl groups excluding tert-OH is 1. The van der Waals surface area contributed by atoms with Gasteiger partial charge in [-0.3, -0.25) is 0 Å². The number of ether oxygens (including phenoxy) is 1. The number of hydrogen-bond acceptors (Lipinski definition) is 3. The Kier molecular flexibility index (Phi) is 3.58. The smallest absolute Gasteiger partial charge is 0.161 e. The standard InChI is InChI=1S/C10H14O3/c1-2-13-9-5-3-4-8(6-7-11)10(9)12/h3-5,11-12H,2,6-7H2,1H3. The van der Waals surface area contributed by atoms with E-state index in [1.807, 2.05) is 6.92 Å². The molecular formula is C10H14O3. The van der Waals surface area contributed by atoms with Crippen molar-refractivity contribution >= 4 is 0 Å². The fourth-order valence-corrected chi connectivity index (χ4v) is 1.16. The molecule has 1 aromatic carbocycles. The zero-order valence-corrected chi connectivity index (χ0v) is 7.66. The Morgan fingerprint density at radius 1 is 1.38 bits per heavy atom. The second kappa shape index (κ2) is 4.72. The van der Waals surface area contributed by atoms with Crippen LogP contribution in [-0.4, -0.2) is 23.4 Å². The highest BCUT2D eigenvalue weighted by atomic mass is 16.5. The third kappa shape index (κ3) is 2.36. The average molecular weight is 182 g/mol. The molecule has 0 heterocycles. The van der Waals surface area contributed by atoms with Crippen LogP contribution in [0.5, 0.6) is 11.5 Å². The van der Waals surface area contributed by atoms with E-state index >= 15 is 0 Å². The molecule has 2 N–H and O–H groups in total. The summed E-state index contributed by atoms with van der Waals surface area (Å²) in [5.74, 6) is 0.617. The molecule has 0 aliphatic rings. The molecule has 0 aliphatic carbocycles. The third-order valence-corrected chi connectivity index (χ3v) is 1.76. The first kappa shape index (κ1) is 9.86. The summed E-state index contributed by atoms with van der Waals surface area (Å²) in [5.41, 5.74) is 0.716. The largest absolute Gasteiger partial charge is 0.504 e. The predicted octanol–water partition coefficient (Wildman–Crippen LogP) is 1.33. The second-order valence-electron chi connectivity index (χ2n) is 2.67. The minimum atomic E-state index is 0.0309. The molecule has 0 aromatic heterocycles. The fourth-order valence-electron chi connectivity index (χ4n) is 1.16. The third-order valence-electron chi connectivity index (χ3n) is 1.76. The molecule has 1 aromatic rings. The van der Waals surface area contributed by atoms with Crippen molar-refractivity contribution in [3.8, 4) is 11.5 Å². The van der Waals surface area contributed by atoms with Crippen LogP contribution >= 0.6 is 0 Å². The van der Waals surface area contributed by atoms with E-state index < -0.39 is 0 Å². The first-order chi connectivity index (χ1) is 6.29. The van der Waals surface area contributed by atoms with Crippen molar-refractivity contribution in [3.05, 3.63) is 23.8 Å². The highest BCUT2D eigenvalue weighted by Crippen LogP contribution is 2.29. The van der Waals surface area contributed by atoms with Crippen molar-refractivity contribution in [1.82, 2.24) is 0 Å². The summed E-state index contributed by atoms with van der Waals surface area (Å²) >= 11 is 0. The average Bonchev–Trinajstić information content (AvgIpc) is 2.13. The van der Waals surface area contributed by atoms with Gasteiger partial charge in [0.15, 0.2) is 11.5 Å². The highest BCUT2D eigenvalue weighted by Gasteiger charge is 2.06. The Balaban J connectivity index is 2.89. The van der Waals surface area contributed by atoms with Gasteiger partial charge in [-0.2, -0.15) is 0 Å².